The van der Waals surface area contributed by atoms with E-state index in [2.05, 4.69) is 27.8 Å². The monoisotopic (exact) mass is 288 g/mol. The van der Waals surface area contributed by atoms with E-state index in [-0.39, 0.29) is 0 Å². The van der Waals surface area contributed by atoms with E-state index >= 15 is 0 Å². The molecule has 21 heavy (non-hydrogen) atoms. The second kappa shape index (κ2) is 7.96. The summed E-state index contributed by atoms with van der Waals surface area (Å²) in [5.41, 5.74) is 0.662. The van der Waals surface area contributed by atoms with Gasteiger partial charge in [-0.3, -0.25) is 4.90 Å². The van der Waals surface area contributed by atoms with Crippen molar-refractivity contribution in [2.45, 2.75) is 26.3 Å². The van der Waals surface area contributed by atoms with Gasteiger partial charge in [-0.2, -0.15) is 5.26 Å². The van der Waals surface area contributed by atoms with Crippen molar-refractivity contribution in [1.82, 2.24) is 9.88 Å². The van der Waals surface area contributed by atoms with E-state index in [0.29, 0.717) is 11.6 Å². The topological polar surface area (TPSA) is 52.4 Å². The van der Waals surface area contributed by atoms with Gasteiger partial charge in [-0.1, -0.05) is 6.92 Å². The first-order valence-electron chi connectivity index (χ1n) is 7.72. The van der Waals surface area contributed by atoms with Crippen LogP contribution in [0.2, 0.25) is 0 Å². The van der Waals surface area contributed by atoms with Crippen LogP contribution in [0.5, 0.6) is 0 Å². The molecule has 0 spiro atoms. The Morgan fingerprint density at radius 2 is 2.29 bits per heavy atom. The van der Waals surface area contributed by atoms with Crippen molar-refractivity contribution in [2.75, 3.05) is 44.3 Å². The molecule has 1 saturated heterocycles. The van der Waals surface area contributed by atoms with Crippen LogP contribution in [0.25, 0.3) is 0 Å². The van der Waals surface area contributed by atoms with Gasteiger partial charge in [0.05, 0.1) is 12.2 Å². The first kappa shape index (κ1) is 15.7. The largest absolute Gasteiger partial charge is 0.380 e. The summed E-state index contributed by atoms with van der Waals surface area (Å²) in [5, 5.41) is 9.22. The van der Waals surface area contributed by atoms with Crippen molar-refractivity contribution in [3.63, 3.8) is 0 Å². The average Bonchev–Trinajstić information content (AvgIpc) is 2.55. The van der Waals surface area contributed by atoms with Crippen LogP contribution >= 0.6 is 0 Å². The number of aromatic nitrogens is 1. The Balaban J connectivity index is 2.02. The number of ether oxygens (including phenoxy) is 1. The lowest BCUT2D eigenvalue weighted by molar-refractivity contribution is 0.0869. The predicted molar refractivity (Wildman–Crippen MR) is 83.3 cm³/mol. The molecule has 0 bridgehead atoms. The van der Waals surface area contributed by atoms with E-state index in [4.69, 9.17) is 4.74 Å². The van der Waals surface area contributed by atoms with Crippen molar-refractivity contribution in [3.05, 3.63) is 23.9 Å². The summed E-state index contributed by atoms with van der Waals surface area (Å²) < 4.78 is 5.47. The maximum absolute atomic E-state index is 9.22. The van der Waals surface area contributed by atoms with E-state index in [0.717, 1.165) is 51.6 Å². The van der Waals surface area contributed by atoms with E-state index in [1.54, 1.807) is 6.20 Å². The first-order chi connectivity index (χ1) is 10.3. The molecule has 114 valence electrons. The Morgan fingerprint density at radius 1 is 1.43 bits per heavy atom. The van der Waals surface area contributed by atoms with Gasteiger partial charge in [0.2, 0.25) is 0 Å². The minimum Gasteiger partial charge on any atom is -0.380 e. The van der Waals surface area contributed by atoms with Crippen LogP contribution in [0.1, 0.15) is 25.8 Å². The zero-order chi connectivity index (χ0) is 15.1. The zero-order valence-electron chi connectivity index (χ0n) is 13.0. The maximum Gasteiger partial charge on any atom is 0.146 e. The molecule has 0 amide bonds. The molecule has 2 heterocycles. The van der Waals surface area contributed by atoms with Gasteiger partial charge in [-0.25, -0.2) is 4.98 Å². The summed E-state index contributed by atoms with van der Waals surface area (Å²) in [6.07, 6.45) is 2.86. The fraction of sp³-hybridized carbons (Fsp3) is 0.625. The van der Waals surface area contributed by atoms with Gasteiger partial charge in [-0.15, -0.1) is 0 Å². The Hall–Kier alpha value is -1.64. The lowest BCUT2D eigenvalue weighted by Crippen LogP contribution is -2.54. The average molecular weight is 288 g/mol. The standard InChI is InChI=1S/C16H24N4O/c1-3-15-13-20(9-8-19(15)10-11-21-4-2)16-14(12-17)6-5-7-18-16/h5-7,15H,3-4,8-11,13H2,1-2H3/t15-/m0/s1. The third-order valence-electron chi connectivity index (χ3n) is 4.01. The van der Waals surface area contributed by atoms with Crippen molar-refractivity contribution >= 4 is 5.82 Å². The molecule has 2 rings (SSSR count). The zero-order valence-corrected chi connectivity index (χ0v) is 13.0. The molecule has 5 nitrogen and oxygen atoms in total. The number of anilines is 1. The fourth-order valence-corrected chi connectivity index (χ4v) is 2.83. The molecule has 0 saturated carbocycles. The van der Waals surface area contributed by atoms with Crippen LogP contribution in [0.3, 0.4) is 0 Å². The van der Waals surface area contributed by atoms with Crippen molar-refractivity contribution < 1.29 is 4.74 Å². The van der Waals surface area contributed by atoms with Crippen molar-refractivity contribution in [3.8, 4) is 6.07 Å². The maximum atomic E-state index is 9.22. The van der Waals surface area contributed by atoms with Gasteiger partial charge in [-0.05, 0) is 25.5 Å². The minimum atomic E-state index is 0.493. The molecule has 1 aliphatic rings. The first-order valence-corrected chi connectivity index (χ1v) is 7.72. The van der Waals surface area contributed by atoms with Gasteiger partial charge in [0, 0.05) is 45.0 Å². The summed E-state index contributed by atoms with van der Waals surface area (Å²) >= 11 is 0. The third kappa shape index (κ3) is 3.93. The molecule has 1 fully saturated rings. The smallest absolute Gasteiger partial charge is 0.146 e. The van der Waals surface area contributed by atoms with Crippen LogP contribution in [-0.2, 0) is 4.74 Å². The normalized spacial score (nSPS) is 19.5. The molecule has 5 heteroatoms. The number of nitriles is 1. The lowest BCUT2D eigenvalue weighted by atomic mass is 10.1. The Kier molecular flexibility index (Phi) is 5.97. The number of nitrogens with zero attached hydrogens (tertiary/aromatic N) is 4. The second-order valence-electron chi connectivity index (χ2n) is 5.23. The lowest BCUT2D eigenvalue weighted by Gasteiger charge is -2.41. The van der Waals surface area contributed by atoms with Crippen LogP contribution in [0.15, 0.2) is 18.3 Å². The van der Waals surface area contributed by atoms with Crippen LogP contribution in [-0.4, -0.2) is 55.3 Å². The summed E-state index contributed by atoms with van der Waals surface area (Å²) in [6.45, 7) is 9.62. The van der Waals surface area contributed by atoms with Crippen LogP contribution in [0, 0.1) is 11.3 Å². The molecule has 0 unspecified atom stereocenters. The van der Waals surface area contributed by atoms with Crippen LogP contribution < -0.4 is 4.90 Å². The molecule has 1 aliphatic heterocycles. The fourth-order valence-electron chi connectivity index (χ4n) is 2.83. The molecule has 1 atom stereocenters. The summed E-state index contributed by atoms with van der Waals surface area (Å²) in [5.74, 6) is 0.822. The van der Waals surface area contributed by atoms with Gasteiger partial charge in [0.1, 0.15) is 11.9 Å². The number of rotatable bonds is 6. The van der Waals surface area contributed by atoms with Gasteiger partial charge in [0.15, 0.2) is 0 Å². The van der Waals surface area contributed by atoms with Gasteiger partial charge >= 0.3 is 0 Å². The molecule has 1 aromatic rings. The number of hydrogen-bond donors (Lipinski definition) is 0. The molecular weight excluding hydrogens is 264 g/mol. The summed E-state index contributed by atoms with van der Waals surface area (Å²) in [6, 6.07) is 6.39. The highest BCUT2D eigenvalue weighted by molar-refractivity contribution is 5.53. The van der Waals surface area contributed by atoms with Crippen LogP contribution in [0.4, 0.5) is 5.82 Å². The van der Waals surface area contributed by atoms with E-state index in [1.807, 2.05) is 19.1 Å². The third-order valence-corrected chi connectivity index (χ3v) is 4.01. The molecule has 0 radical (unpaired) electrons. The van der Waals surface area contributed by atoms with Gasteiger partial charge < -0.3 is 9.64 Å². The summed E-state index contributed by atoms with van der Waals surface area (Å²) in [7, 11) is 0. The number of pyridine rings is 1. The quantitative estimate of drug-likeness (QED) is 0.748. The Bertz CT molecular complexity index is 485. The molecule has 1 aromatic heterocycles. The van der Waals surface area contributed by atoms with Gasteiger partial charge in [0.25, 0.3) is 0 Å². The minimum absolute atomic E-state index is 0.493. The van der Waals surface area contributed by atoms with E-state index in [1.165, 1.54) is 0 Å². The Morgan fingerprint density at radius 3 is 3.00 bits per heavy atom. The second-order valence-corrected chi connectivity index (χ2v) is 5.23. The SMILES string of the molecule is CCOCCN1CCN(c2ncccc2C#N)C[C@@H]1CC. The molecular formula is C16H24N4O. The summed E-state index contributed by atoms with van der Waals surface area (Å²) in [4.78, 5) is 9.13. The Labute approximate surface area is 127 Å². The number of hydrogen-bond acceptors (Lipinski definition) is 5. The molecule has 0 aromatic carbocycles. The molecule has 0 aliphatic carbocycles. The van der Waals surface area contributed by atoms with E-state index < -0.39 is 0 Å². The number of piperazine rings is 1. The highest BCUT2D eigenvalue weighted by Crippen LogP contribution is 2.21. The predicted octanol–water partition coefficient (Wildman–Crippen LogP) is 1.89. The van der Waals surface area contributed by atoms with Crippen molar-refractivity contribution in [1.29, 1.82) is 5.26 Å². The highest BCUT2D eigenvalue weighted by atomic mass is 16.5. The van der Waals surface area contributed by atoms with Crippen molar-refractivity contribution in [2.24, 2.45) is 0 Å². The van der Waals surface area contributed by atoms with E-state index in [9.17, 15) is 5.26 Å². The molecule has 0 N–H and O–H groups in total. The highest BCUT2D eigenvalue weighted by Gasteiger charge is 2.27.